The van der Waals surface area contributed by atoms with E-state index in [0.29, 0.717) is 5.92 Å². The van der Waals surface area contributed by atoms with E-state index in [2.05, 4.69) is 56.2 Å². The first-order valence-corrected chi connectivity index (χ1v) is 10.2. The molecule has 0 amide bonds. The minimum Gasteiger partial charge on any atom is -0.461 e. The number of likely N-dealkylation sites (tertiary alicyclic amines) is 1. The number of hydrogen-bond donors (Lipinski definition) is 1. The average Bonchev–Trinajstić information content (AvgIpc) is 3.30. The van der Waals surface area contributed by atoms with Gasteiger partial charge in [-0.2, -0.15) is 0 Å². The molecule has 3 aromatic rings. The van der Waals surface area contributed by atoms with Gasteiger partial charge in [-0.1, -0.05) is 25.1 Å². The largest absolute Gasteiger partial charge is 0.461 e. The van der Waals surface area contributed by atoms with Crippen molar-refractivity contribution in [1.82, 2.24) is 25.0 Å². The lowest BCUT2D eigenvalue weighted by atomic mass is 9.95. The Labute approximate surface area is 171 Å². The number of nitrogens with zero attached hydrogens (tertiary/aromatic N) is 4. The fourth-order valence-corrected chi connectivity index (χ4v) is 4.60. The van der Waals surface area contributed by atoms with Crippen LogP contribution in [0.1, 0.15) is 48.7 Å². The monoisotopic (exact) mass is 401 g/mol. The third-order valence-corrected chi connectivity index (χ3v) is 6.09. The number of halogens is 1. The fraction of sp³-hybridized carbons (Fsp3) is 0.524. The van der Waals surface area contributed by atoms with Crippen molar-refractivity contribution in [3.63, 3.8) is 0 Å². The summed E-state index contributed by atoms with van der Waals surface area (Å²) in [7, 11) is 0. The van der Waals surface area contributed by atoms with Crippen molar-refractivity contribution in [2.24, 2.45) is 0 Å². The predicted molar refractivity (Wildman–Crippen MR) is 112 cm³/mol. The van der Waals surface area contributed by atoms with E-state index in [-0.39, 0.29) is 12.4 Å². The molecule has 7 heteroatoms. The number of hydrogen-bond acceptors (Lipinski definition) is 5. The molecule has 2 aliphatic heterocycles. The van der Waals surface area contributed by atoms with Gasteiger partial charge in [0.1, 0.15) is 23.0 Å². The molecular formula is C21H28ClN5O. The predicted octanol–water partition coefficient (Wildman–Crippen LogP) is 3.49. The molecule has 2 aromatic heterocycles. The van der Waals surface area contributed by atoms with Crippen LogP contribution in [0.5, 0.6) is 0 Å². The highest BCUT2D eigenvalue weighted by molar-refractivity contribution is 5.85. The van der Waals surface area contributed by atoms with Crippen molar-refractivity contribution in [2.75, 3.05) is 19.6 Å². The van der Waals surface area contributed by atoms with Crippen molar-refractivity contribution in [2.45, 2.75) is 51.7 Å². The van der Waals surface area contributed by atoms with Crippen LogP contribution in [0.25, 0.3) is 11.0 Å². The van der Waals surface area contributed by atoms with E-state index in [4.69, 9.17) is 4.42 Å². The number of benzene rings is 1. The molecule has 2 aliphatic rings. The second-order valence-electron chi connectivity index (χ2n) is 7.71. The van der Waals surface area contributed by atoms with E-state index in [0.717, 1.165) is 75.7 Å². The number of furan rings is 1. The fourth-order valence-electron chi connectivity index (χ4n) is 4.60. The Kier molecular flexibility index (Phi) is 5.71. The Balaban J connectivity index is 0.00000192. The highest BCUT2D eigenvalue weighted by Gasteiger charge is 2.27. The molecule has 1 aromatic carbocycles. The molecular weight excluding hydrogens is 374 g/mol. The van der Waals surface area contributed by atoms with Crippen LogP contribution in [0, 0.1) is 0 Å². The summed E-state index contributed by atoms with van der Waals surface area (Å²) in [4.78, 5) is 2.57. The lowest BCUT2D eigenvalue weighted by molar-refractivity contribution is 0.199. The zero-order chi connectivity index (χ0) is 18.2. The maximum atomic E-state index is 6.08. The van der Waals surface area contributed by atoms with Gasteiger partial charge < -0.3 is 14.3 Å². The first-order valence-electron chi connectivity index (χ1n) is 10.2. The van der Waals surface area contributed by atoms with Gasteiger partial charge in [0.05, 0.1) is 6.54 Å². The van der Waals surface area contributed by atoms with Gasteiger partial charge in [0, 0.05) is 42.9 Å². The Bertz CT molecular complexity index is 942. The van der Waals surface area contributed by atoms with E-state index >= 15 is 0 Å². The third kappa shape index (κ3) is 3.45. The van der Waals surface area contributed by atoms with Crippen LogP contribution in [0.3, 0.4) is 0 Å². The van der Waals surface area contributed by atoms with Gasteiger partial charge in [-0.3, -0.25) is 4.90 Å². The number of fused-ring (bicyclic) bond motifs is 2. The molecule has 1 fully saturated rings. The Morgan fingerprint density at radius 1 is 1.14 bits per heavy atom. The zero-order valence-corrected chi connectivity index (χ0v) is 17.2. The van der Waals surface area contributed by atoms with E-state index in [9.17, 15) is 0 Å². The summed E-state index contributed by atoms with van der Waals surface area (Å²) < 4.78 is 8.42. The van der Waals surface area contributed by atoms with Gasteiger partial charge in [0.2, 0.25) is 0 Å². The van der Waals surface area contributed by atoms with Gasteiger partial charge in [-0.15, -0.1) is 22.6 Å². The zero-order valence-electron chi connectivity index (χ0n) is 16.4. The lowest BCUT2D eigenvalue weighted by Crippen LogP contribution is -2.34. The second-order valence-corrected chi connectivity index (χ2v) is 7.71. The molecule has 0 spiro atoms. The maximum Gasteiger partial charge on any atom is 0.147 e. The van der Waals surface area contributed by atoms with Crippen molar-refractivity contribution >= 4 is 23.4 Å². The Morgan fingerprint density at radius 2 is 1.96 bits per heavy atom. The van der Waals surface area contributed by atoms with E-state index in [1.165, 1.54) is 16.8 Å². The van der Waals surface area contributed by atoms with Crippen LogP contribution in [-0.4, -0.2) is 39.3 Å². The standard InChI is InChI=1S/C21H27N5O.ClH/c1-2-18-17(16-5-3-4-6-19(16)27-18)14-25-10-7-15(8-11-25)21-24-23-20-13-22-9-12-26(20)21;/h3-6,15,22H,2,7-14H2,1H3;1H. The summed E-state index contributed by atoms with van der Waals surface area (Å²) in [6, 6.07) is 8.43. The Morgan fingerprint density at radius 3 is 2.79 bits per heavy atom. The van der Waals surface area contributed by atoms with E-state index in [1.54, 1.807) is 0 Å². The van der Waals surface area contributed by atoms with Crippen molar-refractivity contribution < 1.29 is 4.42 Å². The lowest BCUT2D eigenvalue weighted by Gasteiger charge is -2.32. The molecule has 0 atom stereocenters. The number of nitrogens with one attached hydrogen (secondary N) is 1. The SMILES string of the molecule is CCc1oc2ccccc2c1CN1CCC(c2nnc3n2CCNC3)CC1.Cl. The van der Waals surface area contributed by atoms with Crippen LogP contribution >= 0.6 is 12.4 Å². The minimum absolute atomic E-state index is 0. The number of para-hydroxylation sites is 1. The molecule has 5 rings (SSSR count). The first kappa shape index (κ1) is 19.4. The van der Waals surface area contributed by atoms with E-state index in [1.807, 2.05) is 0 Å². The normalized spacial score (nSPS) is 18.2. The van der Waals surface area contributed by atoms with Crippen LogP contribution in [0.4, 0.5) is 0 Å². The first-order chi connectivity index (χ1) is 13.3. The van der Waals surface area contributed by atoms with Crippen LogP contribution in [-0.2, 0) is 26.1 Å². The van der Waals surface area contributed by atoms with Gasteiger partial charge in [-0.05, 0) is 32.0 Å². The van der Waals surface area contributed by atoms with Gasteiger partial charge in [0.25, 0.3) is 0 Å². The molecule has 0 radical (unpaired) electrons. The summed E-state index contributed by atoms with van der Waals surface area (Å²) in [5.74, 6) is 3.97. The van der Waals surface area contributed by atoms with Crippen LogP contribution in [0.15, 0.2) is 28.7 Å². The Hall–Kier alpha value is -1.89. The highest BCUT2D eigenvalue weighted by atomic mass is 35.5. The molecule has 0 saturated carbocycles. The van der Waals surface area contributed by atoms with E-state index < -0.39 is 0 Å². The number of piperidine rings is 1. The molecule has 1 N–H and O–H groups in total. The summed E-state index contributed by atoms with van der Waals surface area (Å²) >= 11 is 0. The highest BCUT2D eigenvalue weighted by Crippen LogP contribution is 2.31. The average molecular weight is 402 g/mol. The van der Waals surface area contributed by atoms with Crippen molar-refractivity contribution in [3.05, 3.63) is 47.2 Å². The van der Waals surface area contributed by atoms with Gasteiger partial charge >= 0.3 is 0 Å². The molecule has 4 heterocycles. The molecule has 28 heavy (non-hydrogen) atoms. The molecule has 1 saturated heterocycles. The summed E-state index contributed by atoms with van der Waals surface area (Å²) in [6.07, 6.45) is 3.26. The van der Waals surface area contributed by atoms with Gasteiger partial charge in [-0.25, -0.2) is 0 Å². The minimum atomic E-state index is 0. The number of aryl methyl sites for hydroxylation is 1. The van der Waals surface area contributed by atoms with Crippen molar-refractivity contribution in [3.8, 4) is 0 Å². The topological polar surface area (TPSA) is 59.1 Å². The smallest absolute Gasteiger partial charge is 0.147 e. The van der Waals surface area contributed by atoms with Crippen molar-refractivity contribution in [1.29, 1.82) is 0 Å². The number of rotatable bonds is 4. The maximum absolute atomic E-state index is 6.08. The molecule has 0 aliphatic carbocycles. The molecule has 6 nitrogen and oxygen atoms in total. The van der Waals surface area contributed by atoms with Crippen LogP contribution in [0.2, 0.25) is 0 Å². The number of aromatic nitrogens is 3. The molecule has 150 valence electrons. The summed E-state index contributed by atoms with van der Waals surface area (Å²) in [5, 5.41) is 13.6. The third-order valence-electron chi connectivity index (χ3n) is 6.09. The van der Waals surface area contributed by atoms with Gasteiger partial charge in [0.15, 0.2) is 0 Å². The molecule has 0 unspecified atom stereocenters. The molecule has 0 bridgehead atoms. The second kappa shape index (κ2) is 8.23. The summed E-state index contributed by atoms with van der Waals surface area (Å²) in [5.41, 5.74) is 2.39. The quantitative estimate of drug-likeness (QED) is 0.725. The van der Waals surface area contributed by atoms with Crippen LogP contribution < -0.4 is 5.32 Å². The summed E-state index contributed by atoms with van der Waals surface area (Å²) in [6.45, 7) is 8.23.